The fraction of sp³-hybridized carbons (Fsp3) is 0.941. The molecule has 0 spiro atoms. The van der Waals surface area contributed by atoms with Crippen LogP contribution in [-0.4, -0.2) is 35.1 Å². The van der Waals surface area contributed by atoms with Crippen LogP contribution in [-0.2, 0) is 0 Å². The molecule has 1 heterocycles. The topological polar surface area (TPSA) is 39.1 Å². The number of nitrogens with zero attached hydrogens (tertiary/aromatic N) is 2. The van der Waals surface area contributed by atoms with E-state index in [1.54, 1.807) is 0 Å². The average molecular weight is 275 g/mol. The normalized spacial score (nSPS) is 43.1. The maximum Gasteiger partial charge on any atom is 0.108 e. The number of hydrogen-bond donors (Lipinski definition) is 1. The minimum Gasteiger partial charge on any atom is -0.298 e. The molecule has 1 aliphatic heterocycles. The molecule has 1 saturated heterocycles. The van der Waals surface area contributed by atoms with Gasteiger partial charge in [-0.25, -0.2) is 0 Å². The highest BCUT2D eigenvalue weighted by Gasteiger charge is 2.43. The van der Waals surface area contributed by atoms with Crippen molar-refractivity contribution in [3.05, 3.63) is 0 Å². The molecule has 2 aliphatic carbocycles. The van der Waals surface area contributed by atoms with Crippen LogP contribution in [0.15, 0.2) is 0 Å². The molecule has 4 unspecified atom stereocenters. The number of nitrogens with one attached hydrogen (secondary N) is 1. The second-order valence-electron chi connectivity index (χ2n) is 7.58. The molecule has 0 aromatic rings. The zero-order chi connectivity index (χ0) is 14.2. The third-order valence-electron chi connectivity index (χ3n) is 5.66. The summed E-state index contributed by atoms with van der Waals surface area (Å²) in [6, 6.07) is 4.59. The minimum atomic E-state index is -0.229. The number of likely N-dealkylation sites (tertiary alicyclic amines) is 1. The first-order chi connectivity index (χ1) is 9.62. The number of rotatable bonds is 3. The van der Waals surface area contributed by atoms with Gasteiger partial charge in [-0.15, -0.1) is 0 Å². The van der Waals surface area contributed by atoms with E-state index in [0.717, 1.165) is 18.8 Å². The third-order valence-corrected chi connectivity index (χ3v) is 5.66. The van der Waals surface area contributed by atoms with E-state index in [4.69, 9.17) is 0 Å². The Morgan fingerprint density at radius 3 is 2.65 bits per heavy atom. The second kappa shape index (κ2) is 5.66. The lowest BCUT2D eigenvalue weighted by atomic mass is 9.77. The van der Waals surface area contributed by atoms with Gasteiger partial charge in [-0.2, -0.15) is 5.26 Å². The predicted octanol–water partition coefficient (Wildman–Crippen LogP) is 3.06. The first-order valence-electron chi connectivity index (χ1n) is 8.56. The largest absolute Gasteiger partial charge is 0.298 e. The van der Waals surface area contributed by atoms with Crippen molar-refractivity contribution in [2.75, 3.05) is 6.54 Å². The van der Waals surface area contributed by atoms with E-state index < -0.39 is 0 Å². The Bertz CT molecular complexity index is 384. The summed E-state index contributed by atoms with van der Waals surface area (Å²) < 4.78 is 0. The van der Waals surface area contributed by atoms with E-state index in [1.807, 2.05) is 0 Å². The molecule has 0 bridgehead atoms. The van der Waals surface area contributed by atoms with Gasteiger partial charge >= 0.3 is 0 Å². The zero-order valence-electron chi connectivity index (χ0n) is 13.1. The molecule has 1 N–H and O–H groups in total. The molecule has 4 atom stereocenters. The Labute approximate surface area is 123 Å². The van der Waals surface area contributed by atoms with Gasteiger partial charge in [-0.05, 0) is 70.8 Å². The minimum absolute atomic E-state index is 0.229. The van der Waals surface area contributed by atoms with Crippen molar-refractivity contribution in [3.63, 3.8) is 0 Å². The second-order valence-corrected chi connectivity index (χ2v) is 7.58. The third kappa shape index (κ3) is 3.02. The van der Waals surface area contributed by atoms with Gasteiger partial charge in [-0.1, -0.05) is 6.92 Å². The van der Waals surface area contributed by atoms with Crippen LogP contribution in [0.1, 0.15) is 65.2 Å². The van der Waals surface area contributed by atoms with E-state index in [9.17, 15) is 5.26 Å². The molecule has 3 nitrogen and oxygen atoms in total. The van der Waals surface area contributed by atoms with Crippen LogP contribution in [0.4, 0.5) is 0 Å². The van der Waals surface area contributed by atoms with Crippen LogP contribution in [0, 0.1) is 17.2 Å². The Morgan fingerprint density at radius 2 is 2.00 bits per heavy atom. The Kier molecular flexibility index (Phi) is 4.06. The monoisotopic (exact) mass is 275 g/mol. The Morgan fingerprint density at radius 1 is 1.20 bits per heavy atom. The first kappa shape index (κ1) is 14.4. The molecule has 3 heteroatoms. The smallest absolute Gasteiger partial charge is 0.108 e. The van der Waals surface area contributed by atoms with Gasteiger partial charge in [0.15, 0.2) is 0 Å². The molecule has 3 fully saturated rings. The van der Waals surface area contributed by atoms with Crippen LogP contribution >= 0.6 is 0 Å². The van der Waals surface area contributed by atoms with E-state index in [1.165, 1.54) is 45.1 Å². The maximum atomic E-state index is 9.71. The Hall–Kier alpha value is -0.590. The maximum absolute atomic E-state index is 9.71. The molecule has 112 valence electrons. The molecule has 2 saturated carbocycles. The van der Waals surface area contributed by atoms with Crippen LogP contribution in [0.2, 0.25) is 0 Å². The van der Waals surface area contributed by atoms with Crippen LogP contribution in [0.3, 0.4) is 0 Å². The molecule has 0 aromatic heterocycles. The van der Waals surface area contributed by atoms with Gasteiger partial charge in [0.1, 0.15) is 5.54 Å². The summed E-state index contributed by atoms with van der Waals surface area (Å²) in [6.07, 6.45) is 9.78. The molecular weight excluding hydrogens is 246 g/mol. The van der Waals surface area contributed by atoms with Crippen molar-refractivity contribution in [3.8, 4) is 6.07 Å². The summed E-state index contributed by atoms with van der Waals surface area (Å²) in [6.45, 7) is 5.99. The highest BCUT2D eigenvalue weighted by molar-refractivity contribution is 5.13. The summed E-state index contributed by atoms with van der Waals surface area (Å²) in [5.74, 6) is 0.871. The van der Waals surface area contributed by atoms with Crippen molar-refractivity contribution >= 4 is 0 Å². The molecule has 0 radical (unpaired) electrons. The van der Waals surface area contributed by atoms with Crippen LogP contribution < -0.4 is 5.32 Å². The van der Waals surface area contributed by atoms with Gasteiger partial charge in [0.05, 0.1) is 6.07 Å². The number of piperidine rings is 1. The summed E-state index contributed by atoms with van der Waals surface area (Å²) >= 11 is 0. The van der Waals surface area contributed by atoms with Gasteiger partial charge < -0.3 is 0 Å². The summed E-state index contributed by atoms with van der Waals surface area (Å²) in [4.78, 5) is 2.71. The van der Waals surface area contributed by atoms with Gasteiger partial charge in [0, 0.05) is 18.1 Å². The average Bonchev–Trinajstić information content (AvgIpc) is 3.23. The van der Waals surface area contributed by atoms with Crippen molar-refractivity contribution in [2.24, 2.45) is 5.92 Å². The van der Waals surface area contributed by atoms with Crippen molar-refractivity contribution in [1.29, 1.82) is 5.26 Å². The molecule has 3 aliphatic rings. The molecular formula is C17H29N3. The van der Waals surface area contributed by atoms with Crippen molar-refractivity contribution in [2.45, 2.75) is 88.9 Å². The van der Waals surface area contributed by atoms with E-state index in [0.29, 0.717) is 18.1 Å². The lowest BCUT2D eigenvalue weighted by Gasteiger charge is -2.47. The van der Waals surface area contributed by atoms with Gasteiger partial charge in [0.2, 0.25) is 0 Å². The summed E-state index contributed by atoms with van der Waals surface area (Å²) in [5.41, 5.74) is -0.229. The van der Waals surface area contributed by atoms with E-state index in [2.05, 4.69) is 30.1 Å². The summed E-state index contributed by atoms with van der Waals surface area (Å²) in [5, 5.41) is 13.4. The zero-order valence-corrected chi connectivity index (χ0v) is 13.1. The Balaban J connectivity index is 1.66. The van der Waals surface area contributed by atoms with Crippen molar-refractivity contribution in [1.82, 2.24) is 10.2 Å². The predicted molar refractivity (Wildman–Crippen MR) is 81.3 cm³/mol. The van der Waals surface area contributed by atoms with Crippen molar-refractivity contribution < 1.29 is 0 Å². The highest BCUT2D eigenvalue weighted by atomic mass is 15.2. The standard InChI is InChI=1S/C17H29N3/c1-13-7-9-20(14(2)10-13)16-4-3-8-17(11-16,12-18)19-15-5-6-15/h13-16,19H,3-11H2,1-2H3. The summed E-state index contributed by atoms with van der Waals surface area (Å²) in [7, 11) is 0. The first-order valence-corrected chi connectivity index (χ1v) is 8.56. The van der Waals surface area contributed by atoms with E-state index >= 15 is 0 Å². The fourth-order valence-corrected chi connectivity index (χ4v) is 4.38. The number of hydrogen-bond acceptors (Lipinski definition) is 3. The fourth-order valence-electron chi connectivity index (χ4n) is 4.38. The quantitative estimate of drug-likeness (QED) is 0.860. The van der Waals surface area contributed by atoms with Gasteiger partial charge in [0.25, 0.3) is 0 Å². The van der Waals surface area contributed by atoms with Gasteiger partial charge in [-0.3, -0.25) is 10.2 Å². The molecule has 3 rings (SSSR count). The lowest BCUT2D eigenvalue weighted by Crippen LogP contribution is -2.56. The lowest BCUT2D eigenvalue weighted by molar-refractivity contribution is 0.0455. The molecule has 0 amide bonds. The highest BCUT2D eigenvalue weighted by Crippen LogP contribution is 2.37. The van der Waals surface area contributed by atoms with E-state index in [-0.39, 0.29) is 5.54 Å². The number of nitriles is 1. The molecule has 20 heavy (non-hydrogen) atoms. The molecule has 0 aromatic carbocycles. The van der Waals surface area contributed by atoms with Crippen LogP contribution in [0.25, 0.3) is 0 Å². The van der Waals surface area contributed by atoms with Crippen LogP contribution in [0.5, 0.6) is 0 Å². The SMILES string of the molecule is CC1CCN(C2CCCC(C#N)(NC3CC3)C2)C(C)C1.